The Bertz CT molecular complexity index is 550. The van der Waals surface area contributed by atoms with Gasteiger partial charge in [0.2, 0.25) is 0 Å². The lowest BCUT2D eigenvalue weighted by atomic mass is 9.73. The Morgan fingerprint density at radius 1 is 1.17 bits per heavy atom. The third-order valence-corrected chi connectivity index (χ3v) is 3.63. The average molecular weight is 243 g/mol. The first-order valence-corrected chi connectivity index (χ1v) is 6.21. The van der Waals surface area contributed by atoms with Gasteiger partial charge in [0.25, 0.3) is 0 Å². The second-order valence-electron chi connectivity index (χ2n) is 5.25. The molecular formula is C15H17NO2. The fourth-order valence-corrected chi connectivity index (χ4v) is 2.46. The Kier molecular flexibility index (Phi) is 2.54. The molecule has 3 rings (SSSR count). The molecule has 94 valence electrons. The van der Waals surface area contributed by atoms with Crippen LogP contribution in [0.2, 0.25) is 0 Å². The van der Waals surface area contributed by atoms with Gasteiger partial charge in [0.1, 0.15) is 11.5 Å². The van der Waals surface area contributed by atoms with Gasteiger partial charge in [-0.25, -0.2) is 0 Å². The maximum absolute atomic E-state index is 9.38. The Labute approximate surface area is 106 Å². The molecule has 1 saturated carbocycles. The molecule has 1 heterocycles. The molecule has 3 heteroatoms. The molecule has 0 unspecified atom stereocenters. The lowest BCUT2D eigenvalue weighted by Gasteiger charge is -2.40. The van der Waals surface area contributed by atoms with E-state index in [4.69, 9.17) is 10.2 Å². The predicted octanol–water partition coefficient (Wildman–Crippen LogP) is 2.56. The number of rotatable bonds is 2. The Morgan fingerprint density at radius 3 is 2.44 bits per heavy atom. The zero-order chi connectivity index (χ0) is 12.8. The van der Waals surface area contributed by atoms with Crippen molar-refractivity contribution in [2.75, 3.05) is 0 Å². The molecule has 1 aromatic heterocycles. The van der Waals surface area contributed by atoms with Gasteiger partial charge in [-0.3, -0.25) is 0 Å². The molecule has 0 aliphatic heterocycles. The number of hydrogen-bond donors (Lipinski definition) is 2. The van der Waals surface area contributed by atoms with E-state index in [9.17, 15) is 5.11 Å². The molecule has 0 spiro atoms. The highest BCUT2D eigenvalue weighted by Crippen LogP contribution is 2.40. The largest absolute Gasteiger partial charge is 0.459 e. The van der Waals surface area contributed by atoms with Crippen LogP contribution in [0.4, 0.5) is 0 Å². The van der Waals surface area contributed by atoms with Gasteiger partial charge in [0, 0.05) is 5.56 Å². The van der Waals surface area contributed by atoms with E-state index in [1.165, 1.54) is 5.56 Å². The number of benzene rings is 1. The van der Waals surface area contributed by atoms with Gasteiger partial charge in [-0.15, -0.1) is 0 Å². The Morgan fingerprint density at radius 2 is 1.83 bits per heavy atom. The molecule has 0 saturated heterocycles. The van der Waals surface area contributed by atoms with Crippen LogP contribution in [0.15, 0.2) is 40.8 Å². The first-order chi connectivity index (χ1) is 8.57. The van der Waals surface area contributed by atoms with E-state index < -0.39 is 5.54 Å². The molecule has 0 bridgehead atoms. The average Bonchev–Trinajstić information content (AvgIpc) is 2.78. The van der Waals surface area contributed by atoms with E-state index >= 15 is 0 Å². The van der Waals surface area contributed by atoms with Gasteiger partial charge >= 0.3 is 0 Å². The van der Waals surface area contributed by atoms with Crippen LogP contribution in [0.3, 0.4) is 0 Å². The summed E-state index contributed by atoms with van der Waals surface area (Å²) in [6.45, 7) is 2.06. The zero-order valence-corrected chi connectivity index (χ0v) is 10.4. The normalized spacial score (nSPS) is 26.9. The maximum atomic E-state index is 9.38. The molecular weight excluding hydrogens is 226 g/mol. The van der Waals surface area contributed by atoms with E-state index in [0.717, 1.165) is 17.1 Å². The van der Waals surface area contributed by atoms with Gasteiger partial charge in [0.15, 0.2) is 0 Å². The number of hydrogen-bond acceptors (Lipinski definition) is 3. The van der Waals surface area contributed by atoms with Crippen LogP contribution in [0.25, 0.3) is 11.3 Å². The number of aliphatic hydroxyl groups excluding tert-OH is 1. The van der Waals surface area contributed by atoms with Crippen LogP contribution >= 0.6 is 0 Å². The van der Waals surface area contributed by atoms with Crippen molar-refractivity contribution in [1.29, 1.82) is 0 Å². The third-order valence-electron chi connectivity index (χ3n) is 3.63. The second kappa shape index (κ2) is 3.97. The van der Waals surface area contributed by atoms with Crippen LogP contribution in [0, 0.1) is 6.92 Å². The van der Waals surface area contributed by atoms with E-state index in [1.807, 2.05) is 24.3 Å². The van der Waals surface area contributed by atoms with Crippen molar-refractivity contribution in [3.05, 3.63) is 47.7 Å². The standard InChI is InChI=1S/C15H17NO2/c1-10-2-4-11(5-3-10)13-6-7-14(18-13)15(16)8-12(17)9-15/h2-7,12,17H,8-9,16H2,1H3. The minimum Gasteiger partial charge on any atom is -0.459 e. The highest BCUT2D eigenvalue weighted by molar-refractivity contribution is 5.58. The second-order valence-corrected chi connectivity index (χ2v) is 5.25. The quantitative estimate of drug-likeness (QED) is 0.852. The summed E-state index contributed by atoms with van der Waals surface area (Å²) in [5.41, 5.74) is 7.97. The van der Waals surface area contributed by atoms with Crippen LogP contribution in [-0.2, 0) is 5.54 Å². The summed E-state index contributed by atoms with van der Waals surface area (Å²) in [6, 6.07) is 12.1. The van der Waals surface area contributed by atoms with E-state index in [2.05, 4.69) is 19.1 Å². The van der Waals surface area contributed by atoms with Gasteiger partial charge in [0.05, 0.1) is 11.6 Å². The van der Waals surface area contributed by atoms with Crippen molar-refractivity contribution in [3.63, 3.8) is 0 Å². The molecule has 1 fully saturated rings. The van der Waals surface area contributed by atoms with Gasteiger partial charge in [-0.05, 0) is 31.9 Å². The minimum atomic E-state index is -0.484. The van der Waals surface area contributed by atoms with Crippen LogP contribution < -0.4 is 5.73 Å². The Hall–Kier alpha value is -1.58. The highest BCUT2D eigenvalue weighted by Gasteiger charge is 2.44. The van der Waals surface area contributed by atoms with Crippen LogP contribution in [-0.4, -0.2) is 11.2 Å². The van der Waals surface area contributed by atoms with Gasteiger partial charge in [-0.2, -0.15) is 0 Å². The number of aryl methyl sites for hydroxylation is 1. The van der Waals surface area contributed by atoms with Crippen molar-refractivity contribution in [3.8, 4) is 11.3 Å². The molecule has 1 aliphatic rings. The van der Waals surface area contributed by atoms with Crippen LogP contribution in [0.5, 0.6) is 0 Å². The van der Waals surface area contributed by atoms with Gasteiger partial charge in [-0.1, -0.05) is 29.8 Å². The highest BCUT2D eigenvalue weighted by atomic mass is 16.3. The molecule has 0 amide bonds. The number of nitrogens with two attached hydrogens (primary N) is 1. The number of furan rings is 1. The molecule has 2 aromatic rings. The van der Waals surface area contributed by atoms with Crippen molar-refractivity contribution in [2.24, 2.45) is 5.73 Å². The zero-order valence-electron chi connectivity index (χ0n) is 10.4. The SMILES string of the molecule is Cc1ccc(-c2ccc(C3(N)CC(O)C3)o2)cc1. The molecule has 1 aromatic carbocycles. The maximum Gasteiger partial charge on any atom is 0.134 e. The van der Waals surface area contributed by atoms with E-state index in [0.29, 0.717) is 12.8 Å². The van der Waals surface area contributed by atoms with Gasteiger partial charge < -0.3 is 15.3 Å². The van der Waals surface area contributed by atoms with Crippen molar-refractivity contribution < 1.29 is 9.52 Å². The predicted molar refractivity (Wildman–Crippen MR) is 70.0 cm³/mol. The summed E-state index contributed by atoms with van der Waals surface area (Å²) in [5.74, 6) is 1.60. The van der Waals surface area contributed by atoms with Crippen molar-refractivity contribution >= 4 is 0 Å². The monoisotopic (exact) mass is 243 g/mol. The molecule has 0 atom stereocenters. The minimum absolute atomic E-state index is 0.289. The lowest BCUT2D eigenvalue weighted by Crippen LogP contribution is -2.51. The van der Waals surface area contributed by atoms with E-state index in [1.54, 1.807) is 0 Å². The van der Waals surface area contributed by atoms with Crippen molar-refractivity contribution in [2.45, 2.75) is 31.4 Å². The fraction of sp³-hybridized carbons (Fsp3) is 0.333. The summed E-state index contributed by atoms with van der Waals surface area (Å²) >= 11 is 0. The van der Waals surface area contributed by atoms with Crippen LogP contribution in [0.1, 0.15) is 24.2 Å². The summed E-state index contributed by atoms with van der Waals surface area (Å²) in [4.78, 5) is 0. The summed E-state index contributed by atoms with van der Waals surface area (Å²) in [5, 5.41) is 9.38. The molecule has 18 heavy (non-hydrogen) atoms. The molecule has 3 nitrogen and oxygen atoms in total. The smallest absolute Gasteiger partial charge is 0.134 e. The Balaban J connectivity index is 1.88. The number of aliphatic hydroxyl groups is 1. The summed E-state index contributed by atoms with van der Waals surface area (Å²) < 4.78 is 5.83. The molecule has 3 N–H and O–H groups in total. The first kappa shape index (κ1) is 11.5. The van der Waals surface area contributed by atoms with E-state index in [-0.39, 0.29) is 6.10 Å². The van der Waals surface area contributed by atoms with Crippen molar-refractivity contribution in [1.82, 2.24) is 0 Å². The third kappa shape index (κ3) is 1.85. The first-order valence-electron chi connectivity index (χ1n) is 6.21. The summed E-state index contributed by atoms with van der Waals surface area (Å²) in [6.07, 6.45) is 0.866. The topological polar surface area (TPSA) is 59.4 Å². The summed E-state index contributed by atoms with van der Waals surface area (Å²) in [7, 11) is 0. The fourth-order valence-electron chi connectivity index (χ4n) is 2.46. The lowest BCUT2D eigenvalue weighted by molar-refractivity contribution is 0.0104. The molecule has 1 aliphatic carbocycles. The molecule has 0 radical (unpaired) electrons.